The van der Waals surface area contributed by atoms with Crippen molar-refractivity contribution in [3.63, 3.8) is 0 Å². The molecule has 5 aliphatic carbocycles. The van der Waals surface area contributed by atoms with Crippen molar-refractivity contribution >= 4 is 18.3 Å². The smallest absolute Gasteiger partial charge is 0.338 e. The number of methoxy groups -OCH3 is 6. The molecule has 2 N–H and O–H groups in total. The third kappa shape index (κ3) is 4.12. The lowest BCUT2D eigenvalue weighted by molar-refractivity contribution is -0.295. The van der Waals surface area contributed by atoms with Crippen LogP contribution in [0.2, 0.25) is 0 Å². The Labute approximate surface area is 285 Å². The van der Waals surface area contributed by atoms with Gasteiger partial charge < -0.3 is 53.0 Å². The zero-order valence-electron chi connectivity index (χ0n) is 29.0. The molecule has 7 rings (SSSR count). The Hall–Kier alpha value is -3.01. The quantitative estimate of drug-likeness (QED) is 0.248. The number of rotatable bonds is 11. The van der Waals surface area contributed by atoms with E-state index in [1.165, 1.54) is 34.3 Å². The van der Waals surface area contributed by atoms with Gasteiger partial charge in [-0.25, -0.2) is 4.79 Å². The summed E-state index contributed by atoms with van der Waals surface area (Å²) in [4.78, 5) is 42.2. The molecule has 1 aromatic carbocycles. The fraction of sp³-hybridized carbons (Fsp3) is 0.743. The van der Waals surface area contributed by atoms with Crippen LogP contribution in [-0.2, 0) is 38.0 Å². The number of amides is 1. The number of aliphatic hydroxyl groups excluding tert-OH is 1. The predicted molar refractivity (Wildman–Crippen MR) is 168 cm³/mol. The van der Waals surface area contributed by atoms with Gasteiger partial charge in [0.25, 0.3) is 0 Å². The average Bonchev–Trinajstić information content (AvgIpc) is 3.46. The summed E-state index contributed by atoms with van der Waals surface area (Å²) >= 11 is 0. The van der Waals surface area contributed by atoms with Crippen LogP contribution in [0.25, 0.3) is 0 Å². The highest BCUT2D eigenvalue weighted by atomic mass is 16.6. The third-order valence-corrected chi connectivity index (χ3v) is 13.4. The normalized spacial score (nSPS) is 45.4. The van der Waals surface area contributed by atoms with Crippen LogP contribution < -0.4 is 9.47 Å². The summed E-state index contributed by atoms with van der Waals surface area (Å²) in [6.07, 6.45) is -3.10. The van der Waals surface area contributed by atoms with Crippen molar-refractivity contribution in [3.8, 4) is 11.5 Å². The van der Waals surface area contributed by atoms with E-state index in [4.69, 9.17) is 37.9 Å². The zero-order chi connectivity index (χ0) is 35.3. The van der Waals surface area contributed by atoms with Crippen molar-refractivity contribution < 1.29 is 62.5 Å². The Morgan fingerprint density at radius 3 is 2.29 bits per heavy atom. The first-order valence-electron chi connectivity index (χ1n) is 16.7. The van der Waals surface area contributed by atoms with Crippen LogP contribution in [0.5, 0.6) is 11.5 Å². The second-order valence-electron chi connectivity index (χ2n) is 14.8. The molecule has 1 heterocycles. The second-order valence-corrected chi connectivity index (χ2v) is 14.8. The molecule has 14 heteroatoms. The molecule has 6 aliphatic rings. The zero-order valence-corrected chi connectivity index (χ0v) is 29.0. The fourth-order valence-corrected chi connectivity index (χ4v) is 12.3. The van der Waals surface area contributed by atoms with Gasteiger partial charge in [0.1, 0.15) is 17.3 Å². The lowest BCUT2D eigenvalue weighted by Crippen LogP contribution is -2.79. The van der Waals surface area contributed by atoms with Gasteiger partial charge >= 0.3 is 11.9 Å². The largest absolute Gasteiger partial charge is 0.493 e. The summed E-state index contributed by atoms with van der Waals surface area (Å²) < 4.78 is 48.2. The van der Waals surface area contributed by atoms with Crippen LogP contribution in [-0.4, -0.2) is 137 Å². The Morgan fingerprint density at radius 1 is 0.980 bits per heavy atom. The molecule has 1 amide bonds. The van der Waals surface area contributed by atoms with Gasteiger partial charge in [0.15, 0.2) is 11.5 Å². The molecule has 14 nitrogen and oxygen atoms in total. The van der Waals surface area contributed by atoms with E-state index in [2.05, 4.69) is 0 Å². The van der Waals surface area contributed by atoms with Gasteiger partial charge in [-0.3, -0.25) is 9.59 Å². The number of hydrogen-bond acceptors (Lipinski definition) is 13. The van der Waals surface area contributed by atoms with Gasteiger partial charge in [-0.15, -0.1) is 0 Å². The average molecular weight is 690 g/mol. The number of fused-ring (bicyclic) bond motifs is 2. The molecule has 1 saturated heterocycles. The number of esters is 2. The number of hydrogen-bond donors (Lipinski definition) is 2. The number of piperidine rings is 1. The molecule has 1 spiro atoms. The summed E-state index contributed by atoms with van der Waals surface area (Å²) in [5.74, 6) is -2.94. The van der Waals surface area contributed by atoms with Gasteiger partial charge in [0.05, 0.1) is 50.8 Å². The SMILES string of the molecule is COC[C@]12CN(C=O)[C@@H]3[C@H]4[C@H](OC)[C@H]1C3([C@@H](OC)C[C@H]2O)[C@@H]1C[C@]2(O)[C@@H](OC)C[C@@]4(OC(C)=O)[C@H]1[C@H]2OC(=O)c1ccc(OC)c(OC)c1. The number of likely N-dealkylation sites (tertiary alicyclic amines) is 1. The molecule has 49 heavy (non-hydrogen) atoms. The monoisotopic (exact) mass is 689 g/mol. The summed E-state index contributed by atoms with van der Waals surface area (Å²) in [6.45, 7) is 1.64. The summed E-state index contributed by atoms with van der Waals surface area (Å²) in [6, 6.07) is 4.08. The molecule has 14 atom stereocenters. The molecule has 1 unspecified atom stereocenters. The van der Waals surface area contributed by atoms with E-state index in [1.54, 1.807) is 38.4 Å². The highest BCUT2D eigenvalue weighted by Crippen LogP contribution is 2.80. The Balaban J connectivity index is 1.47. The van der Waals surface area contributed by atoms with Crippen LogP contribution in [0.3, 0.4) is 0 Å². The highest BCUT2D eigenvalue weighted by molar-refractivity contribution is 5.90. The maximum Gasteiger partial charge on any atom is 0.338 e. The van der Waals surface area contributed by atoms with Crippen LogP contribution in [0.1, 0.15) is 36.5 Å². The number of aliphatic hydroxyl groups is 2. The minimum Gasteiger partial charge on any atom is -0.493 e. The van der Waals surface area contributed by atoms with Crippen molar-refractivity contribution in [3.05, 3.63) is 23.8 Å². The van der Waals surface area contributed by atoms with Crippen molar-refractivity contribution in [1.29, 1.82) is 0 Å². The minimum atomic E-state index is -1.71. The molecular weight excluding hydrogens is 642 g/mol. The molecule has 270 valence electrons. The Bertz CT molecular complexity index is 1510. The van der Waals surface area contributed by atoms with Gasteiger partial charge in [-0.1, -0.05) is 0 Å². The van der Waals surface area contributed by atoms with E-state index in [0.717, 1.165) is 6.41 Å². The summed E-state index contributed by atoms with van der Waals surface area (Å²) in [5.41, 5.74) is -4.85. The van der Waals surface area contributed by atoms with Crippen molar-refractivity contribution in [1.82, 2.24) is 4.90 Å². The number of carbonyl (C=O) groups is 3. The number of nitrogens with zero attached hydrogens (tertiary/aromatic N) is 1. The lowest BCUT2D eigenvalue weighted by atomic mass is 9.42. The summed E-state index contributed by atoms with van der Waals surface area (Å²) in [7, 11) is 9.16. The van der Waals surface area contributed by atoms with E-state index in [-0.39, 0.29) is 38.0 Å². The second kappa shape index (κ2) is 11.8. The topological polar surface area (TPSA) is 169 Å². The van der Waals surface area contributed by atoms with E-state index in [1.807, 2.05) is 0 Å². The first-order chi connectivity index (χ1) is 23.4. The van der Waals surface area contributed by atoms with E-state index in [0.29, 0.717) is 11.5 Å². The number of carbonyl (C=O) groups excluding carboxylic acids is 3. The van der Waals surface area contributed by atoms with E-state index in [9.17, 15) is 24.6 Å². The van der Waals surface area contributed by atoms with Gasteiger partial charge in [-0.2, -0.15) is 0 Å². The highest BCUT2D eigenvalue weighted by Gasteiger charge is 2.90. The minimum absolute atomic E-state index is 0.0686. The molecule has 1 aromatic rings. The first-order valence-corrected chi connectivity index (χ1v) is 16.7. The lowest BCUT2D eigenvalue weighted by Gasteiger charge is -2.69. The van der Waals surface area contributed by atoms with Gasteiger partial charge in [-0.05, 0) is 30.5 Å². The van der Waals surface area contributed by atoms with Crippen LogP contribution in [0.4, 0.5) is 0 Å². The molecule has 0 aromatic heterocycles. The van der Waals surface area contributed by atoms with Crippen molar-refractivity contribution in [2.45, 2.75) is 73.9 Å². The molecule has 5 saturated carbocycles. The predicted octanol–water partition coefficient (Wildman–Crippen LogP) is 0.831. The number of ether oxygens (including phenoxy) is 8. The Morgan fingerprint density at radius 2 is 1.69 bits per heavy atom. The molecule has 6 fully saturated rings. The van der Waals surface area contributed by atoms with Crippen LogP contribution in [0, 0.1) is 34.5 Å². The Kier molecular flexibility index (Phi) is 8.28. The van der Waals surface area contributed by atoms with E-state index >= 15 is 0 Å². The molecular formula is C35H47NO13. The number of benzene rings is 1. The third-order valence-electron chi connectivity index (χ3n) is 13.4. The van der Waals surface area contributed by atoms with E-state index < -0.39 is 94.2 Å². The summed E-state index contributed by atoms with van der Waals surface area (Å²) in [5, 5.41) is 24.8. The molecule has 1 aliphatic heterocycles. The van der Waals surface area contributed by atoms with Crippen LogP contribution >= 0.6 is 0 Å². The fourth-order valence-electron chi connectivity index (χ4n) is 12.3. The standard InChI is InChI=1S/C35H47NO13/c1-17(38)49-34-13-24(46-6)33(41)12-19(25(34)30(33)48-31(40)18-8-9-20(43-3)21(10-18)44-4)35-23(45-5)11-22(39)32(15-42-2)14-36(16-37)29(35)26(34)27(47-7)28(32)35/h8-10,16,19,22-30,39,41H,11-15H2,1-7H3/t19-,22-,23+,24+,25-,26-,27+,28-,29-,30-,32+,33+,34-,35?/m1/s1. The van der Waals surface area contributed by atoms with Crippen LogP contribution in [0.15, 0.2) is 18.2 Å². The maximum absolute atomic E-state index is 14.1. The van der Waals surface area contributed by atoms with Crippen molar-refractivity contribution in [2.24, 2.45) is 34.5 Å². The van der Waals surface area contributed by atoms with Gasteiger partial charge in [0, 0.05) is 89.4 Å². The first kappa shape index (κ1) is 34.4. The van der Waals surface area contributed by atoms with Crippen molar-refractivity contribution in [2.75, 3.05) is 55.8 Å². The maximum atomic E-state index is 14.1. The molecule has 7 bridgehead atoms. The van der Waals surface area contributed by atoms with Gasteiger partial charge in [0.2, 0.25) is 6.41 Å². The molecule has 0 radical (unpaired) electrons.